The van der Waals surface area contributed by atoms with Gasteiger partial charge in [-0.3, -0.25) is 0 Å². The van der Waals surface area contributed by atoms with Crippen molar-refractivity contribution in [2.75, 3.05) is 0 Å². The third-order valence-corrected chi connectivity index (χ3v) is 4.48. The SMILES string of the molecule is Cc1ccc(C(C)C)cc1B1OC(C)(C)C(C)(C)O1. The molecule has 0 spiro atoms. The molecule has 104 valence electrons. The minimum Gasteiger partial charge on any atom is -0.399 e. The second-order valence-corrected chi connectivity index (χ2v) is 6.86. The van der Waals surface area contributed by atoms with E-state index in [0.29, 0.717) is 5.92 Å². The molecule has 1 aromatic rings. The molecule has 0 atom stereocenters. The zero-order valence-corrected chi connectivity index (χ0v) is 13.2. The summed E-state index contributed by atoms with van der Waals surface area (Å²) in [6.07, 6.45) is 0. The molecule has 0 bridgehead atoms. The zero-order valence-electron chi connectivity index (χ0n) is 13.2. The average molecular weight is 260 g/mol. The summed E-state index contributed by atoms with van der Waals surface area (Å²) in [5, 5.41) is 0. The van der Waals surface area contributed by atoms with E-state index < -0.39 is 0 Å². The molecule has 19 heavy (non-hydrogen) atoms. The van der Waals surface area contributed by atoms with E-state index in [1.807, 2.05) is 0 Å². The fourth-order valence-electron chi connectivity index (χ4n) is 2.24. The van der Waals surface area contributed by atoms with Crippen LogP contribution in [0.15, 0.2) is 18.2 Å². The number of aryl methyl sites for hydroxylation is 1. The Balaban J connectivity index is 2.36. The van der Waals surface area contributed by atoms with Gasteiger partial charge in [-0.05, 0) is 51.6 Å². The highest BCUT2D eigenvalue weighted by atomic mass is 16.7. The number of hydrogen-bond acceptors (Lipinski definition) is 2. The average Bonchev–Trinajstić information content (AvgIpc) is 2.48. The summed E-state index contributed by atoms with van der Waals surface area (Å²) < 4.78 is 12.3. The van der Waals surface area contributed by atoms with Gasteiger partial charge in [0.2, 0.25) is 0 Å². The Morgan fingerprint density at radius 1 is 1.00 bits per heavy atom. The van der Waals surface area contributed by atoms with Gasteiger partial charge in [-0.1, -0.05) is 37.6 Å². The van der Waals surface area contributed by atoms with Gasteiger partial charge < -0.3 is 9.31 Å². The normalized spacial score (nSPS) is 21.2. The molecule has 3 heteroatoms. The fraction of sp³-hybridized carbons (Fsp3) is 0.625. The molecule has 0 aliphatic carbocycles. The Morgan fingerprint density at radius 3 is 2.00 bits per heavy atom. The maximum Gasteiger partial charge on any atom is 0.495 e. The molecule has 2 rings (SSSR count). The summed E-state index contributed by atoms with van der Waals surface area (Å²) in [5.74, 6) is 0.516. The molecular weight excluding hydrogens is 235 g/mol. The van der Waals surface area contributed by atoms with E-state index in [1.54, 1.807) is 0 Å². The van der Waals surface area contributed by atoms with Crippen molar-refractivity contribution in [3.63, 3.8) is 0 Å². The van der Waals surface area contributed by atoms with E-state index in [0.717, 1.165) is 5.46 Å². The summed E-state index contributed by atoms with van der Waals surface area (Å²) in [7, 11) is -0.260. The van der Waals surface area contributed by atoms with Crippen LogP contribution in [0.5, 0.6) is 0 Å². The standard InChI is InChI=1S/C16H25BO2/c1-11(2)13-9-8-12(3)14(10-13)17-18-15(4,5)16(6,7)19-17/h8-11H,1-7H3. The molecule has 1 heterocycles. The van der Waals surface area contributed by atoms with Crippen molar-refractivity contribution >= 4 is 12.6 Å². The molecule has 0 aromatic heterocycles. The lowest BCUT2D eigenvalue weighted by Gasteiger charge is -2.32. The van der Waals surface area contributed by atoms with Gasteiger partial charge in [0.1, 0.15) is 0 Å². The predicted octanol–water partition coefficient (Wildman–Crippen LogP) is 3.42. The van der Waals surface area contributed by atoms with Gasteiger partial charge in [-0.25, -0.2) is 0 Å². The van der Waals surface area contributed by atoms with Crippen LogP contribution in [0.25, 0.3) is 0 Å². The summed E-state index contributed by atoms with van der Waals surface area (Å²) >= 11 is 0. The smallest absolute Gasteiger partial charge is 0.399 e. The maximum atomic E-state index is 6.14. The minimum atomic E-state index is -0.280. The van der Waals surface area contributed by atoms with Crippen LogP contribution in [0.1, 0.15) is 58.6 Å². The largest absolute Gasteiger partial charge is 0.495 e. The van der Waals surface area contributed by atoms with Gasteiger partial charge in [0.05, 0.1) is 11.2 Å². The lowest BCUT2D eigenvalue weighted by atomic mass is 9.75. The zero-order chi connectivity index (χ0) is 14.4. The summed E-state index contributed by atoms with van der Waals surface area (Å²) in [6.45, 7) is 14.9. The highest BCUT2D eigenvalue weighted by Gasteiger charge is 2.52. The van der Waals surface area contributed by atoms with Crippen LogP contribution in [0.2, 0.25) is 0 Å². The Bertz CT molecular complexity index is 462. The fourth-order valence-corrected chi connectivity index (χ4v) is 2.24. The molecule has 0 saturated carbocycles. The van der Waals surface area contributed by atoms with Crippen molar-refractivity contribution < 1.29 is 9.31 Å². The first-order chi connectivity index (χ1) is 8.64. The molecule has 2 nitrogen and oxygen atoms in total. The highest BCUT2D eigenvalue weighted by molar-refractivity contribution is 6.62. The molecular formula is C16H25BO2. The first-order valence-corrected chi connectivity index (χ1v) is 7.10. The molecule has 0 N–H and O–H groups in total. The van der Waals surface area contributed by atoms with Crippen LogP contribution in [-0.4, -0.2) is 18.3 Å². The molecule has 1 aliphatic rings. The molecule has 1 saturated heterocycles. The van der Waals surface area contributed by atoms with E-state index in [2.05, 4.69) is 66.7 Å². The summed E-state index contributed by atoms with van der Waals surface area (Å²) in [4.78, 5) is 0. The Kier molecular flexibility index (Phi) is 3.57. The highest BCUT2D eigenvalue weighted by Crippen LogP contribution is 2.36. The van der Waals surface area contributed by atoms with Crippen molar-refractivity contribution in [2.24, 2.45) is 0 Å². The molecule has 0 unspecified atom stereocenters. The van der Waals surface area contributed by atoms with Crippen LogP contribution in [0, 0.1) is 6.92 Å². The van der Waals surface area contributed by atoms with Crippen LogP contribution in [-0.2, 0) is 9.31 Å². The predicted molar refractivity (Wildman–Crippen MR) is 81.0 cm³/mol. The lowest BCUT2D eigenvalue weighted by Crippen LogP contribution is -2.41. The van der Waals surface area contributed by atoms with Crippen LogP contribution < -0.4 is 5.46 Å². The molecule has 1 aliphatic heterocycles. The van der Waals surface area contributed by atoms with Crippen molar-refractivity contribution in [3.05, 3.63) is 29.3 Å². The Labute approximate surface area is 117 Å². The van der Waals surface area contributed by atoms with Gasteiger partial charge in [0.15, 0.2) is 0 Å². The van der Waals surface area contributed by atoms with Crippen molar-refractivity contribution in [3.8, 4) is 0 Å². The minimum absolute atomic E-state index is 0.260. The first kappa shape index (κ1) is 14.6. The maximum absolute atomic E-state index is 6.14. The quantitative estimate of drug-likeness (QED) is 0.758. The van der Waals surface area contributed by atoms with E-state index in [1.165, 1.54) is 11.1 Å². The third-order valence-electron chi connectivity index (χ3n) is 4.48. The van der Waals surface area contributed by atoms with E-state index in [4.69, 9.17) is 9.31 Å². The summed E-state index contributed by atoms with van der Waals surface area (Å²) in [5.41, 5.74) is 3.15. The molecule has 0 radical (unpaired) electrons. The van der Waals surface area contributed by atoms with Crippen LogP contribution in [0.3, 0.4) is 0 Å². The third kappa shape index (κ3) is 2.59. The van der Waals surface area contributed by atoms with Crippen molar-refractivity contribution in [1.82, 2.24) is 0 Å². The van der Waals surface area contributed by atoms with Gasteiger partial charge in [0, 0.05) is 0 Å². The molecule has 1 aromatic carbocycles. The van der Waals surface area contributed by atoms with E-state index in [-0.39, 0.29) is 18.3 Å². The van der Waals surface area contributed by atoms with Gasteiger partial charge in [0.25, 0.3) is 0 Å². The Morgan fingerprint density at radius 2 is 1.53 bits per heavy atom. The second kappa shape index (κ2) is 4.64. The van der Waals surface area contributed by atoms with E-state index in [9.17, 15) is 0 Å². The number of hydrogen-bond donors (Lipinski definition) is 0. The second-order valence-electron chi connectivity index (χ2n) is 6.86. The summed E-state index contributed by atoms with van der Waals surface area (Å²) in [6, 6.07) is 6.58. The van der Waals surface area contributed by atoms with Gasteiger partial charge in [-0.2, -0.15) is 0 Å². The van der Waals surface area contributed by atoms with E-state index >= 15 is 0 Å². The monoisotopic (exact) mass is 260 g/mol. The molecule has 0 amide bonds. The van der Waals surface area contributed by atoms with Crippen molar-refractivity contribution in [1.29, 1.82) is 0 Å². The topological polar surface area (TPSA) is 18.5 Å². The number of benzene rings is 1. The van der Waals surface area contributed by atoms with Crippen LogP contribution >= 0.6 is 0 Å². The number of rotatable bonds is 2. The van der Waals surface area contributed by atoms with Gasteiger partial charge in [-0.15, -0.1) is 0 Å². The lowest BCUT2D eigenvalue weighted by molar-refractivity contribution is 0.00578. The first-order valence-electron chi connectivity index (χ1n) is 7.10. The molecule has 1 fully saturated rings. The Hall–Kier alpha value is -0.795. The van der Waals surface area contributed by atoms with Gasteiger partial charge >= 0.3 is 7.12 Å². The van der Waals surface area contributed by atoms with Crippen LogP contribution in [0.4, 0.5) is 0 Å². The van der Waals surface area contributed by atoms with Crippen molar-refractivity contribution in [2.45, 2.75) is 65.6 Å².